The summed E-state index contributed by atoms with van der Waals surface area (Å²) in [6.45, 7) is 0. The fourth-order valence-corrected chi connectivity index (χ4v) is 1.98. The van der Waals surface area contributed by atoms with Gasteiger partial charge in [-0.1, -0.05) is 0 Å². The summed E-state index contributed by atoms with van der Waals surface area (Å²) >= 11 is 0. The Labute approximate surface area is 98.0 Å². The topological polar surface area (TPSA) is 117 Å². The lowest BCUT2D eigenvalue weighted by atomic mass is 10.2. The molecular formula is C9H11N5O2S. The third-order valence-electron chi connectivity index (χ3n) is 2.26. The molecule has 2 aromatic rings. The Morgan fingerprint density at radius 1 is 1.18 bits per heavy atom. The molecule has 0 fully saturated rings. The highest BCUT2D eigenvalue weighted by Gasteiger charge is 2.11. The van der Waals surface area contributed by atoms with E-state index in [1.54, 1.807) is 12.1 Å². The van der Waals surface area contributed by atoms with Gasteiger partial charge in [0.1, 0.15) is 0 Å². The maximum absolute atomic E-state index is 11.3. The van der Waals surface area contributed by atoms with Crippen molar-refractivity contribution in [1.82, 2.24) is 14.9 Å². The van der Waals surface area contributed by atoms with Crippen molar-refractivity contribution in [3.63, 3.8) is 0 Å². The smallest absolute Gasteiger partial charge is 0.241 e. The highest BCUT2D eigenvalue weighted by atomic mass is 32.2. The lowest BCUT2D eigenvalue weighted by Crippen LogP contribution is -2.13. The van der Waals surface area contributed by atoms with Crippen LogP contribution in [-0.2, 0) is 9.84 Å². The Balaban J connectivity index is 2.46. The fraction of sp³-hybridized carbons (Fsp3) is 0.111. The Morgan fingerprint density at radius 2 is 1.76 bits per heavy atom. The Hall–Kier alpha value is -2.09. The molecule has 90 valence electrons. The van der Waals surface area contributed by atoms with Crippen LogP contribution in [0.3, 0.4) is 0 Å². The number of nitrogen functional groups attached to an aromatic ring is 2. The lowest BCUT2D eigenvalue weighted by molar-refractivity contribution is 0.602. The first-order chi connectivity index (χ1) is 7.89. The van der Waals surface area contributed by atoms with Crippen LogP contribution in [-0.4, -0.2) is 29.5 Å². The minimum absolute atomic E-state index is 0.0900. The van der Waals surface area contributed by atoms with Gasteiger partial charge in [-0.15, -0.1) is 10.2 Å². The minimum atomic E-state index is -3.21. The van der Waals surface area contributed by atoms with Crippen molar-refractivity contribution in [3.8, 4) is 11.4 Å². The van der Waals surface area contributed by atoms with Gasteiger partial charge >= 0.3 is 0 Å². The summed E-state index contributed by atoms with van der Waals surface area (Å²) in [5.41, 5.74) is 6.09. The summed E-state index contributed by atoms with van der Waals surface area (Å²) in [5.74, 6) is 6.07. The van der Waals surface area contributed by atoms with E-state index in [2.05, 4.69) is 10.2 Å². The molecule has 0 aliphatic heterocycles. The number of aromatic nitrogens is 3. The number of nitrogens with zero attached hydrogens (tertiary/aromatic N) is 3. The molecule has 0 amide bonds. The fourth-order valence-electron chi connectivity index (χ4n) is 1.35. The third kappa shape index (κ3) is 2.07. The van der Waals surface area contributed by atoms with Gasteiger partial charge in [0, 0.05) is 11.8 Å². The van der Waals surface area contributed by atoms with Gasteiger partial charge in [0.25, 0.3) is 0 Å². The number of hydrogen-bond donors (Lipinski definition) is 2. The summed E-state index contributed by atoms with van der Waals surface area (Å²) in [6.07, 6.45) is 1.14. The van der Waals surface area contributed by atoms with Crippen molar-refractivity contribution < 1.29 is 8.42 Å². The summed E-state index contributed by atoms with van der Waals surface area (Å²) < 4.78 is 23.7. The van der Waals surface area contributed by atoms with Crippen molar-refractivity contribution in [3.05, 3.63) is 24.3 Å². The average molecular weight is 253 g/mol. The maximum Gasteiger partial charge on any atom is 0.241 e. The van der Waals surface area contributed by atoms with Gasteiger partial charge in [0.15, 0.2) is 15.7 Å². The molecule has 0 aliphatic rings. The summed E-state index contributed by atoms with van der Waals surface area (Å²) in [6, 6.07) is 6.16. The molecule has 2 rings (SSSR count). The van der Waals surface area contributed by atoms with Gasteiger partial charge < -0.3 is 11.6 Å². The van der Waals surface area contributed by atoms with Crippen LogP contribution in [0.2, 0.25) is 0 Å². The molecule has 8 heteroatoms. The molecule has 1 heterocycles. The normalized spacial score (nSPS) is 11.6. The predicted octanol–water partition coefficient (Wildman–Crippen LogP) is -0.355. The van der Waals surface area contributed by atoms with E-state index in [1.807, 2.05) is 0 Å². The lowest BCUT2D eigenvalue weighted by Gasteiger charge is -2.02. The second-order valence-corrected chi connectivity index (χ2v) is 5.56. The van der Waals surface area contributed by atoms with E-state index in [4.69, 9.17) is 11.6 Å². The second-order valence-electron chi connectivity index (χ2n) is 3.55. The van der Waals surface area contributed by atoms with E-state index in [-0.39, 0.29) is 10.8 Å². The van der Waals surface area contributed by atoms with Crippen molar-refractivity contribution in [2.45, 2.75) is 4.90 Å². The molecule has 1 aromatic carbocycles. The van der Waals surface area contributed by atoms with Crippen LogP contribution in [0.15, 0.2) is 29.2 Å². The molecule has 0 atom stereocenters. The molecule has 1 aromatic heterocycles. The molecule has 0 saturated carbocycles. The number of benzene rings is 1. The zero-order chi connectivity index (χ0) is 12.6. The number of hydrogen-bond acceptors (Lipinski definition) is 6. The Morgan fingerprint density at radius 3 is 2.18 bits per heavy atom. The van der Waals surface area contributed by atoms with E-state index in [1.165, 1.54) is 12.1 Å². The largest absolute Gasteiger partial charge is 0.366 e. The first-order valence-electron chi connectivity index (χ1n) is 4.66. The highest BCUT2D eigenvalue weighted by Crippen LogP contribution is 2.19. The van der Waals surface area contributed by atoms with E-state index >= 15 is 0 Å². The van der Waals surface area contributed by atoms with E-state index in [9.17, 15) is 8.42 Å². The van der Waals surface area contributed by atoms with Crippen LogP contribution in [0.5, 0.6) is 0 Å². The first-order valence-corrected chi connectivity index (χ1v) is 6.55. The van der Waals surface area contributed by atoms with Gasteiger partial charge in [0.05, 0.1) is 4.90 Å². The zero-order valence-electron chi connectivity index (χ0n) is 9.03. The first kappa shape index (κ1) is 11.4. The third-order valence-corrected chi connectivity index (χ3v) is 3.39. The van der Waals surface area contributed by atoms with Crippen molar-refractivity contribution in [2.75, 3.05) is 17.8 Å². The molecule has 17 heavy (non-hydrogen) atoms. The van der Waals surface area contributed by atoms with E-state index in [0.717, 1.165) is 10.9 Å². The van der Waals surface area contributed by atoms with Gasteiger partial charge in [-0.2, -0.15) is 0 Å². The standard InChI is InChI=1S/C9H11N5O2S/c1-17(15,16)7-4-2-6(3-5-7)8-12-13-9(10)14(8)11/h2-5H,11H2,1H3,(H2,10,13). The Kier molecular flexibility index (Phi) is 2.50. The van der Waals surface area contributed by atoms with Crippen LogP contribution in [0, 0.1) is 0 Å². The molecular weight excluding hydrogens is 242 g/mol. The molecule has 0 unspecified atom stereocenters. The van der Waals surface area contributed by atoms with Crippen molar-refractivity contribution >= 4 is 15.8 Å². The van der Waals surface area contributed by atoms with E-state index in [0.29, 0.717) is 11.4 Å². The SMILES string of the molecule is CS(=O)(=O)c1ccc(-c2nnc(N)n2N)cc1. The van der Waals surface area contributed by atoms with Crippen molar-refractivity contribution in [1.29, 1.82) is 0 Å². The number of rotatable bonds is 2. The monoisotopic (exact) mass is 253 g/mol. The maximum atomic E-state index is 11.3. The van der Waals surface area contributed by atoms with Crippen LogP contribution in [0.25, 0.3) is 11.4 Å². The van der Waals surface area contributed by atoms with Crippen LogP contribution in [0.1, 0.15) is 0 Å². The summed E-state index contributed by atoms with van der Waals surface area (Å²) in [7, 11) is -3.21. The molecule has 0 bridgehead atoms. The quantitative estimate of drug-likeness (QED) is 0.706. The van der Waals surface area contributed by atoms with Gasteiger partial charge in [-0.3, -0.25) is 0 Å². The highest BCUT2D eigenvalue weighted by molar-refractivity contribution is 7.90. The molecule has 0 saturated heterocycles. The average Bonchev–Trinajstić information content (AvgIpc) is 2.59. The number of anilines is 1. The van der Waals surface area contributed by atoms with Crippen molar-refractivity contribution in [2.24, 2.45) is 0 Å². The molecule has 0 aliphatic carbocycles. The number of nitrogens with two attached hydrogens (primary N) is 2. The zero-order valence-corrected chi connectivity index (χ0v) is 9.85. The predicted molar refractivity (Wildman–Crippen MR) is 63.1 cm³/mol. The van der Waals surface area contributed by atoms with Gasteiger partial charge in [0.2, 0.25) is 5.95 Å². The van der Waals surface area contributed by atoms with E-state index < -0.39 is 9.84 Å². The Bertz CT molecular complexity index is 645. The van der Waals surface area contributed by atoms with Gasteiger partial charge in [-0.25, -0.2) is 13.1 Å². The second kappa shape index (κ2) is 3.74. The number of sulfone groups is 1. The van der Waals surface area contributed by atoms with Crippen LogP contribution < -0.4 is 11.6 Å². The molecule has 0 radical (unpaired) electrons. The molecule has 0 spiro atoms. The molecule has 4 N–H and O–H groups in total. The minimum Gasteiger partial charge on any atom is -0.366 e. The summed E-state index contributed by atoms with van der Waals surface area (Å²) in [4.78, 5) is 0.234. The molecule has 7 nitrogen and oxygen atoms in total. The van der Waals surface area contributed by atoms with Gasteiger partial charge in [-0.05, 0) is 24.3 Å². The van der Waals surface area contributed by atoms with Crippen LogP contribution >= 0.6 is 0 Å². The van der Waals surface area contributed by atoms with Crippen LogP contribution in [0.4, 0.5) is 5.95 Å². The summed E-state index contributed by atoms with van der Waals surface area (Å²) in [5, 5.41) is 7.40.